The van der Waals surface area contributed by atoms with E-state index < -0.39 is 23.5 Å². The number of ketones is 1. The van der Waals surface area contributed by atoms with E-state index in [1.165, 1.54) is 24.0 Å². The Kier molecular flexibility index (Phi) is 9.36. The minimum Gasteiger partial charge on any atom is -0.872 e. The molecule has 194 valence electrons. The molecule has 1 N–H and O–H groups in total. The van der Waals surface area contributed by atoms with Crippen LogP contribution in [0.25, 0.3) is 5.76 Å². The molecule has 2 aromatic rings. The number of nitrogens with zero attached hydrogens (tertiary/aromatic N) is 1. The van der Waals surface area contributed by atoms with Crippen molar-refractivity contribution >= 4 is 17.4 Å². The van der Waals surface area contributed by atoms with Crippen molar-refractivity contribution in [1.29, 1.82) is 0 Å². The van der Waals surface area contributed by atoms with Crippen molar-refractivity contribution in [3.8, 4) is 17.2 Å². The average molecular weight is 497 g/mol. The van der Waals surface area contributed by atoms with Gasteiger partial charge < -0.3 is 29.1 Å². The van der Waals surface area contributed by atoms with Crippen LogP contribution in [0, 0.1) is 0 Å². The minimum absolute atomic E-state index is 0.0519. The van der Waals surface area contributed by atoms with Gasteiger partial charge in [-0.1, -0.05) is 30.9 Å². The maximum atomic E-state index is 13.6. The van der Waals surface area contributed by atoms with Crippen LogP contribution in [0.3, 0.4) is 0 Å². The summed E-state index contributed by atoms with van der Waals surface area (Å²) in [6, 6.07) is 11.1. The van der Waals surface area contributed by atoms with E-state index in [1.807, 2.05) is 6.92 Å². The highest BCUT2D eigenvalue weighted by Gasteiger charge is 2.44. The zero-order valence-corrected chi connectivity index (χ0v) is 21.8. The van der Waals surface area contributed by atoms with Crippen molar-refractivity contribution in [2.75, 3.05) is 47.0 Å². The van der Waals surface area contributed by atoms with Crippen molar-refractivity contribution in [2.45, 2.75) is 33.2 Å². The third-order valence-corrected chi connectivity index (χ3v) is 6.55. The standard InChI is InChI=1S/C28H36N2O6/c1-6-17-36-21-12-9-19(10-13-21)26(31)24-25(20-11-14-22(34-4)23(18-20)35-5)30(28(33)27(24)32)16-15-29(7-2)8-3/h9-14,18,25,31H,6-8,15-17H2,1-5H3/b26-24+. The number of methoxy groups -OCH3 is 2. The zero-order chi connectivity index (χ0) is 26.2. The van der Waals surface area contributed by atoms with Gasteiger partial charge in [0.25, 0.3) is 5.91 Å². The van der Waals surface area contributed by atoms with Gasteiger partial charge in [0.1, 0.15) is 5.75 Å². The minimum atomic E-state index is -0.816. The summed E-state index contributed by atoms with van der Waals surface area (Å²) in [4.78, 5) is 29.2. The maximum Gasteiger partial charge on any atom is 0.295 e. The van der Waals surface area contributed by atoms with Crippen LogP contribution in [0.15, 0.2) is 48.0 Å². The van der Waals surface area contributed by atoms with Crippen molar-refractivity contribution < 1.29 is 33.8 Å². The zero-order valence-electron chi connectivity index (χ0n) is 21.8. The van der Waals surface area contributed by atoms with Crippen LogP contribution in [0.2, 0.25) is 0 Å². The molecule has 0 aliphatic carbocycles. The summed E-state index contributed by atoms with van der Waals surface area (Å²) in [5, 5.41) is 13.6. The molecule has 0 aromatic heterocycles. The summed E-state index contributed by atoms with van der Waals surface area (Å²) < 4.78 is 16.4. The van der Waals surface area contributed by atoms with Gasteiger partial charge in [-0.3, -0.25) is 9.59 Å². The molecule has 2 aromatic carbocycles. The molecule has 1 aliphatic rings. The molecule has 0 radical (unpaired) electrons. The van der Waals surface area contributed by atoms with E-state index in [9.17, 15) is 14.7 Å². The lowest BCUT2D eigenvalue weighted by Crippen LogP contribution is -3.12. The molecule has 1 amide bonds. The number of likely N-dealkylation sites (N-methyl/N-ethyl adjacent to an activating group) is 1. The van der Waals surface area contributed by atoms with Crippen molar-refractivity contribution in [2.24, 2.45) is 0 Å². The number of hydrogen-bond donors (Lipinski definition) is 1. The molecule has 1 heterocycles. The SMILES string of the molecule is CCCOc1ccc(/C([O-])=C2\C(=O)C(=O)N(CC[NH+](CC)CC)C2c2ccc(OC)c(OC)c2)cc1. The van der Waals surface area contributed by atoms with Crippen LogP contribution < -0.4 is 24.2 Å². The van der Waals surface area contributed by atoms with Crippen LogP contribution in [-0.4, -0.2) is 63.6 Å². The Bertz CT molecular complexity index is 1090. The van der Waals surface area contributed by atoms with Gasteiger partial charge in [-0.25, -0.2) is 0 Å². The molecule has 8 nitrogen and oxygen atoms in total. The highest BCUT2D eigenvalue weighted by Crippen LogP contribution is 2.41. The highest BCUT2D eigenvalue weighted by molar-refractivity contribution is 6.46. The van der Waals surface area contributed by atoms with Crippen molar-refractivity contribution in [3.63, 3.8) is 0 Å². The Labute approximate surface area is 213 Å². The Balaban J connectivity index is 2.09. The number of quaternary nitrogens is 1. The Morgan fingerprint density at radius 2 is 1.64 bits per heavy atom. The number of benzene rings is 2. The Morgan fingerprint density at radius 3 is 2.22 bits per heavy atom. The second-order valence-corrected chi connectivity index (χ2v) is 8.67. The molecule has 1 saturated heterocycles. The Morgan fingerprint density at radius 1 is 0.972 bits per heavy atom. The number of likely N-dealkylation sites (tertiary alicyclic amines) is 1. The predicted molar refractivity (Wildman–Crippen MR) is 135 cm³/mol. The molecule has 1 aliphatic heterocycles. The first-order chi connectivity index (χ1) is 17.4. The molecule has 0 saturated carbocycles. The lowest BCUT2D eigenvalue weighted by atomic mass is 9.95. The number of nitrogens with one attached hydrogen (secondary N) is 1. The quantitative estimate of drug-likeness (QED) is 0.273. The first-order valence-corrected chi connectivity index (χ1v) is 12.4. The number of carbonyl (C=O) groups is 2. The lowest BCUT2D eigenvalue weighted by molar-refractivity contribution is -0.895. The summed E-state index contributed by atoms with van der Waals surface area (Å²) >= 11 is 0. The van der Waals surface area contributed by atoms with Crippen molar-refractivity contribution in [3.05, 3.63) is 59.2 Å². The summed E-state index contributed by atoms with van der Waals surface area (Å²) in [7, 11) is 3.06. The van der Waals surface area contributed by atoms with E-state index in [1.54, 1.807) is 42.5 Å². The topological polar surface area (TPSA) is 92.6 Å². The van der Waals surface area contributed by atoms with Crippen LogP contribution in [0.5, 0.6) is 17.2 Å². The van der Waals surface area contributed by atoms with Crippen LogP contribution in [0.4, 0.5) is 0 Å². The molecular weight excluding hydrogens is 460 g/mol. The van der Waals surface area contributed by atoms with Gasteiger partial charge in [0, 0.05) is 5.57 Å². The number of hydrogen-bond acceptors (Lipinski definition) is 6. The molecule has 1 fully saturated rings. The number of amides is 1. The van der Waals surface area contributed by atoms with E-state index in [0.29, 0.717) is 48.1 Å². The van der Waals surface area contributed by atoms with Gasteiger partial charge in [-0.2, -0.15) is 0 Å². The summed E-state index contributed by atoms with van der Waals surface area (Å²) in [6.45, 7) is 9.56. The number of ether oxygens (including phenoxy) is 3. The maximum absolute atomic E-state index is 13.6. The van der Waals surface area contributed by atoms with Crippen LogP contribution in [-0.2, 0) is 9.59 Å². The monoisotopic (exact) mass is 496 g/mol. The molecule has 3 rings (SSSR count). The van der Waals surface area contributed by atoms with Gasteiger partial charge in [-0.15, -0.1) is 0 Å². The van der Waals surface area contributed by atoms with E-state index in [4.69, 9.17) is 14.2 Å². The van der Waals surface area contributed by atoms with E-state index >= 15 is 0 Å². The third kappa shape index (κ3) is 5.65. The molecule has 0 bridgehead atoms. The van der Waals surface area contributed by atoms with Crippen molar-refractivity contribution in [1.82, 2.24) is 4.90 Å². The van der Waals surface area contributed by atoms with Gasteiger partial charge in [0.05, 0.1) is 53.0 Å². The summed E-state index contributed by atoms with van der Waals surface area (Å²) in [5.41, 5.74) is 0.897. The predicted octanol–water partition coefficient (Wildman–Crippen LogP) is 1.64. The fourth-order valence-electron chi connectivity index (χ4n) is 4.43. The van der Waals surface area contributed by atoms with Crippen LogP contribution in [0.1, 0.15) is 44.4 Å². The van der Waals surface area contributed by atoms with E-state index in [-0.39, 0.29) is 5.57 Å². The second kappa shape index (κ2) is 12.4. The first kappa shape index (κ1) is 27.1. The van der Waals surface area contributed by atoms with Gasteiger partial charge in [0.15, 0.2) is 11.5 Å². The summed E-state index contributed by atoms with van der Waals surface area (Å²) in [6.07, 6.45) is 0.868. The highest BCUT2D eigenvalue weighted by atomic mass is 16.5. The van der Waals surface area contributed by atoms with Gasteiger partial charge in [0.2, 0.25) is 5.78 Å². The van der Waals surface area contributed by atoms with Gasteiger partial charge in [-0.05, 0) is 55.7 Å². The molecule has 1 atom stereocenters. The normalized spacial score (nSPS) is 17.1. The third-order valence-electron chi connectivity index (χ3n) is 6.55. The van der Waals surface area contributed by atoms with E-state index in [0.717, 1.165) is 19.5 Å². The molecule has 0 spiro atoms. The summed E-state index contributed by atoms with van der Waals surface area (Å²) in [5.74, 6) is -0.263. The number of Topliss-reactive ketones (excluding diaryl/α,β-unsaturated/α-hetero) is 1. The van der Waals surface area contributed by atoms with Gasteiger partial charge >= 0.3 is 0 Å². The molecule has 36 heavy (non-hydrogen) atoms. The fourth-order valence-corrected chi connectivity index (χ4v) is 4.43. The largest absolute Gasteiger partial charge is 0.872 e. The van der Waals surface area contributed by atoms with E-state index in [2.05, 4.69) is 13.8 Å². The molecular formula is C28H36N2O6. The number of carbonyl (C=O) groups excluding carboxylic acids is 2. The molecule has 1 unspecified atom stereocenters. The smallest absolute Gasteiger partial charge is 0.295 e. The fraction of sp³-hybridized carbons (Fsp3) is 0.429. The second-order valence-electron chi connectivity index (χ2n) is 8.67. The lowest BCUT2D eigenvalue weighted by Gasteiger charge is -2.29. The van der Waals surface area contributed by atoms with Crippen LogP contribution >= 0.6 is 0 Å². The first-order valence-electron chi connectivity index (χ1n) is 12.4. The molecule has 8 heteroatoms. The Hall–Kier alpha value is -3.52. The number of rotatable bonds is 12. The average Bonchev–Trinajstić information content (AvgIpc) is 3.16.